The molecule has 44 heavy (non-hydrogen) atoms. The number of ether oxygens (including phenoxy) is 3. The summed E-state index contributed by atoms with van der Waals surface area (Å²) in [6, 6.07) is 15.6. The molecule has 3 aromatic carbocycles. The molecule has 0 radical (unpaired) electrons. The molecule has 0 fully saturated rings. The quantitative estimate of drug-likeness (QED) is 0.104. The van der Waals surface area contributed by atoms with Crippen molar-refractivity contribution in [3.8, 4) is 11.5 Å². The van der Waals surface area contributed by atoms with Crippen LogP contribution in [0.25, 0.3) is 0 Å². The molecule has 3 aromatic rings. The summed E-state index contributed by atoms with van der Waals surface area (Å²) in [6.45, 7) is 11.1. The number of hydrogen-bond acceptors (Lipinski definition) is 11. The number of hydrazine groups is 1. The Morgan fingerprint density at radius 3 is 2.32 bits per heavy atom. The Bertz CT molecular complexity index is 1570. The Hall–Kier alpha value is -5.56. The molecule has 1 aliphatic rings. The minimum absolute atomic E-state index is 0.0318. The van der Waals surface area contributed by atoms with Crippen molar-refractivity contribution in [2.75, 3.05) is 30.7 Å². The van der Waals surface area contributed by atoms with Gasteiger partial charge in [0, 0.05) is 24.9 Å². The van der Waals surface area contributed by atoms with Gasteiger partial charge in [-0.05, 0) is 67.9 Å². The zero-order chi connectivity index (χ0) is 31.8. The van der Waals surface area contributed by atoms with Crippen LogP contribution in [-0.4, -0.2) is 48.2 Å². The minimum Gasteiger partial charge on any atom is -0.485 e. The molecule has 1 N–H and O–H groups in total. The highest BCUT2D eigenvalue weighted by molar-refractivity contribution is 6.07. The zero-order valence-electron chi connectivity index (χ0n) is 24.5. The first-order valence-corrected chi connectivity index (χ1v) is 13.6. The van der Waals surface area contributed by atoms with E-state index in [9.17, 15) is 19.7 Å². The summed E-state index contributed by atoms with van der Waals surface area (Å²) in [5, 5.41) is 25.8. The normalized spacial score (nSPS) is 14.3. The molecule has 1 atom stereocenters. The number of non-ortho nitro benzene ring substituents is 1. The number of nitro benzene ring substituents is 1. The zero-order valence-corrected chi connectivity index (χ0v) is 24.5. The summed E-state index contributed by atoms with van der Waals surface area (Å²) in [5.41, 5.74) is 2.07. The fraction of sp³-hybridized carbons (Fsp3) is 0.226. The van der Waals surface area contributed by atoms with Gasteiger partial charge in [-0.1, -0.05) is 30.5 Å². The van der Waals surface area contributed by atoms with Crippen molar-refractivity contribution >= 4 is 28.9 Å². The molecule has 0 saturated heterocycles. The van der Waals surface area contributed by atoms with Crippen molar-refractivity contribution in [1.82, 2.24) is 5.01 Å². The lowest BCUT2D eigenvalue weighted by molar-refractivity contribution is -0.384. The fourth-order valence-electron chi connectivity index (χ4n) is 4.24. The molecule has 1 aliphatic heterocycles. The van der Waals surface area contributed by atoms with Gasteiger partial charge in [0.25, 0.3) is 11.6 Å². The number of nitro groups is 1. The highest BCUT2D eigenvalue weighted by Gasteiger charge is 2.33. The number of nitrogens with one attached hydrogen (secondary N) is 1. The first-order valence-electron chi connectivity index (χ1n) is 13.6. The van der Waals surface area contributed by atoms with Gasteiger partial charge in [0.15, 0.2) is 17.7 Å². The van der Waals surface area contributed by atoms with Crippen LogP contribution in [0, 0.1) is 10.1 Å². The van der Waals surface area contributed by atoms with E-state index in [1.807, 2.05) is 13.8 Å². The topological polar surface area (TPSA) is 148 Å². The monoisotopic (exact) mass is 600 g/mol. The standard InChI is InChI=1S/C31H32N6O7/c1-6-18-42-27-25(30(38)32-23-12-8-22(9-13-23)31(39)43-19-7-2)16-17-26(28(27)44-20(3)4)36-34-33-29(35(36)5)21-10-14-24(15-11-21)37(40)41/h6-17,20,29H,1-2,18-19H2,3-5H3,(H,32,38). The van der Waals surface area contributed by atoms with Gasteiger partial charge in [0.2, 0.25) is 0 Å². The Kier molecular flexibility index (Phi) is 10.0. The maximum atomic E-state index is 13.5. The second kappa shape index (κ2) is 14.1. The van der Waals surface area contributed by atoms with Gasteiger partial charge in [0.05, 0.1) is 22.2 Å². The number of hydrogen-bond donors (Lipinski definition) is 1. The van der Waals surface area contributed by atoms with Crippen molar-refractivity contribution in [2.24, 2.45) is 10.3 Å². The van der Waals surface area contributed by atoms with Crippen LogP contribution in [0.2, 0.25) is 0 Å². The largest absolute Gasteiger partial charge is 0.485 e. The summed E-state index contributed by atoms with van der Waals surface area (Å²) >= 11 is 0. The van der Waals surface area contributed by atoms with Crippen molar-refractivity contribution < 1.29 is 28.7 Å². The molecule has 0 aliphatic carbocycles. The van der Waals surface area contributed by atoms with Gasteiger partial charge in [-0.2, -0.15) is 10.1 Å². The van der Waals surface area contributed by atoms with Crippen molar-refractivity contribution in [1.29, 1.82) is 0 Å². The average Bonchev–Trinajstić information content (AvgIpc) is 3.39. The Balaban J connectivity index is 1.65. The van der Waals surface area contributed by atoms with Gasteiger partial charge in [-0.25, -0.2) is 4.79 Å². The molecule has 1 amide bonds. The average molecular weight is 601 g/mol. The van der Waals surface area contributed by atoms with Crippen LogP contribution in [0.4, 0.5) is 17.1 Å². The number of rotatable bonds is 13. The molecular formula is C31H32N6O7. The fourth-order valence-corrected chi connectivity index (χ4v) is 4.24. The van der Waals surface area contributed by atoms with Crippen LogP contribution < -0.4 is 19.9 Å². The molecule has 0 spiro atoms. The smallest absolute Gasteiger partial charge is 0.338 e. The maximum Gasteiger partial charge on any atom is 0.338 e. The Morgan fingerprint density at radius 2 is 1.70 bits per heavy atom. The van der Waals surface area contributed by atoms with E-state index in [0.29, 0.717) is 22.5 Å². The molecule has 4 rings (SSSR count). The first-order chi connectivity index (χ1) is 21.1. The van der Waals surface area contributed by atoms with Gasteiger partial charge in [-0.3, -0.25) is 14.9 Å². The van der Waals surface area contributed by atoms with Crippen LogP contribution >= 0.6 is 0 Å². The van der Waals surface area contributed by atoms with E-state index in [4.69, 9.17) is 14.2 Å². The van der Waals surface area contributed by atoms with Crippen molar-refractivity contribution in [3.05, 3.63) is 113 Å². The SMILES string of the molecule is C=CCOC(=O)c1ccc(NC(=O)c2ccc(N3N=NC(c4ccc([N+](=O)[O-])cc4)N3C)c(OC(C)C)c2OCC=C)cc1. The summed E-state index contributed by atoms with van der Waals surface area (Å²) < 4.78 is 17.2. The first kappa shape index (κ1) is 31.4. The summed E-state index contributed by atoms with van der Waals surface area (Å²) in [5.74, 6) is -0.564. The van der Waals surface area contributed by atoms with E-state index in [2.05, 4.69) is 28.8 Å². The number of nitrogens with zero attached hydrogens (tertiary/aromatic N) is 5. The van der Waals surface area contributed by atoms with Crippen LogP contribution in [0.1, 0.15) is 46.3 Å². The van der Waals surface area contributed by atoms with Gasteiger partial charge < -0.3 is 19.5 Å². The summed E-state index contributed by atoms with van der Waals surface area (Å²) in [7, 11) is 1.76. The number of anilines is 2. The lowest BCUT2D eigenvalue weighted by Crippen LogP contribution is -2.34. The van der Waals surface area contributed by atoms with Crippen LogP contribution in [0.3, 0.4) is 0 Å². The van der Waals surface area contributed by atoms with Gasteiger partial charge in [0.1, 0.15) is 18.9 Å². The predicted octanol–water partition coefficient (Wildman–Crippen LogP) is 6.27. The molecule has 1 unspecified atom stereocenters. The molecule has 1 heterocycles. The number of carbonyl (C=O) groups excluding carboxylic acids is 2. The third-order valence-corrected chi connectivity index (χ3v) is 6.26. The van der Waals surface area contributed by atoms with Gasteiger partial charge >= 0.3 is 5.97 Å². The number of carbonyl (C=O) groups is 2. The molecule has 0 aromatic heterocycles. The van der Waals surface area contributed by atoms with E-state index < -0.39 is 23.0 Å². The van der Waals surface area contributed by atoms with Crippen molar-refractivity contribution in [3.63, 3.8) is 0 Å². The van der Waals surface area contributed by atoms with Crippen LogP contribution in [0.5, 0.6) is 11.5 Å². The van der Waals surface area contributed by atoms with E-state index in [-0.39, 0.29) is 42.1 Å². The third-order valence-electron chi connectivity index (χ3n) is 6.26. The highest BCUT2D eigenvalue weighted by Crippen LogP contribution is 2.45. The van der Waals surface area contributed by atoms with Crippen molar-refractivity contribution in [2.45, 2.75) is 26.1 Å². The molecule has 13 nitrogen and oxygen atoms in total. The molecule has 0 saturated carbocycles. The van der Waals surface area contributed by atoms with E-state index in [1.165, 1.54) is 23.3 Å². The lowest BCUT2D eigenvalue weighted by Gasteiger charge is -2.28. The van der Waals surface area contributed by atoms with E-state index in [0.717, 1.165) is 0 Å². The van der Waals surface area contributed by atoms with Crippen LogP contribution in [-0.2, 0) is 4.74 Å². The molecule has 13 heteroatoms. The third kappa shape index (κ3) is 7.07. The summed E-state index contributed by atoms with van der Waals surface area (Å²) in [6.07, 6.45) is 2.15. The second-order valence-corrected chi connectivity index (χ2v) is 9.77. The number of esters is 1. The van der Waals surface area contributed by atoms with E-state index >= 15 is 0 Å². The molecule has 0 bridgehead atoms. The van der Waals surface area contributed by atoms with Crippen LogP contribution in [0.15, 0.2) is 96.3 Å². The predicted molar refractivity (Wildman–Crippen MR) is 164 cm³/mol. The van der Waals surface area contributed by atoms with E-state index in [1.54, 1.807) is 66.7 Å². The Labute approximate surface area is 254 Å². The van der Waals surface area contributed by atoms with Gasteiger partial charge in [-0.15, -0.1) is 5.11 Å². The maximum absolute atomic E-state index is 13.5. The number of amides is 1. The minimum atomic E-state index is -0.569. The number of benzene rings is 3. The summed E-state index contributed by atoms with van der Waals surface area (Å²) in [4.78, 5) is 36.2. The highest BCUT2D eigenvalue weighted by atomic mass is 16.6. The molecule has 228 valence electrons. The molecular weight excluding hydrogens is 568 g/mol. The Morgan fingerprint density at radius 1 is 1.02 bits per heavy atom. The second-order valence-electron chi connectivity index (χ2n) is 9.77. The lowest BCUT2D eigenvalue weighted by atomic mass is 10.1.